The van der Waals surface area contributed by atoms with Gasteiger partial charge in [-0.25, -0.2) is 0 Å². The topological polar surface area (TPSA) is 32.3 Å². The monoisotopic (exact) mass is 220 g/mol. The Morgan fingerprint density at radius 2 is 1.88 bits per heavy atom. The molecule has 0 saturated heterocycles. The Morgan fingerprint density at radius 3 is 2.31 bits per heavy atom. The zero-order valence-electron chi connectivity index (χ0n) is 10.3. The van der Waals surface area contributed by atoms with E-state index < -0.39 is 0 Å². The quantitative estimate of drug-likeness (QED) is 0.827. The molecule has 0 aliphatic carbocycles. The third-order valence-corrected chi connectivity index (χ3v) is 2.58. The Morgan fingerprint density at radius 1 is 1.25 bits per heavy atom. The highest BCUT2D eigenvalue weighted by atomic mass is 16.2. The minimum Gasteiger partial charge on any atom is -0.388 e. The van der Waals surface area contributed by atoms with E-state index in [2.05, 4.69) is 12.2 Å². The summed E-state index contributed by atoms with van der Waals surface area (Å²) in [5.41, 5.74) is 1.78. The molecule has 1 amide bonds. The Labute approximate surface area is 97.5 Å². The van der Waals surface area contributed by atoms with Crippen LogP contribution in [0, 0.1) is 0 Å². The van der Waals surface area contributed by atoms with E-state index in [9.17, 15) is 4.79 Å². The van der Waals surface area contributed by atoms with Crippen molar-refractivity contribution in [3.8, 4) is 0 Å². The summed E-state index contributed by atoms with van der Waals surface area (Å²) in [5.74, 6) is 0.118. The van der Waals surface area contributed by atoms with Crippen LogP contribution in [0.5, 0.6) is 0 Å². The second-order valence-electron chi connectivity index (χ2n) is 3.71. The Bertz CT molecular complexity index is 332. The van der Waals surface area contributed by atoms with Crippen LogP contribution in [-0.4, -0.2) is 30.9 Å². The van der Waals surface area contributed by atoms with Crippen LogP contribution in [0.1, 0.15) is 30.6 Å². The number of hydrogen-bond acceptors (Lipinski definition) is 2. The van der Waals surface area contributed by atoms with Crippen LogP contribution in [0.4, 0.5) is 5.69 Å². The van der Waals surface area contributed by atoms with E-state index in [-0.39, 0.29) is 5.91 Å². The number of carbonyl (C=O) groups is 1. The lowest BCUT2D eigenvalue weighted by Crippen LogP contribution is -2.31. The normalized spacial score (nSPS) is 9.94. The van der Waals surface area contributed by atoms with Crippen molar-refractivity contribution in [2.45, 2.75) is 20.3 Å². The minimum atomic E-state index is 0.118. The SMILES string of the molecule is CCCN(CC)C(=O)c1ccc(NC)cc1. The molecule has 0 saturated carbocycles. The first-order chi connectivity index (χ1) is 7.72. The van der Waals surface area contributed by atoms with Crippen LogP contribution in [0.25, 0.3) is 0 Å². The molecule has 16 heavy (non-hydrogen) atoms. The summed E-state index contributed by atoms with van der Waals surface area (Å²) in [5, 5.41) is 3.04. The summed E-state index contributed by atoms with van der Waals surface area (Å²) in [4.78, 5) is 13.9. The van der Waals surface area contributed by atoms with Gasteiger partial charge >= 0.3 is 0 Å². The van der Waals surface area contributed by atoms with Crippen LogP contribution in [0.3, 0.4) is 0 Å². The summed E-state index contributed by atoms with van der Waals surface area (Å²) < 4.78 is 0. The zero-order chi connectivity index (χ0) is 12.0. The van der Waals surface area contributed by atoms with Gasteiger partial charge in [-0.15, -0.1) is 0 Å². The van der Waals surface area contributed by atoms with Crippen molar-refractivity contribution < 1.29 is 4.79 Å². The van der Waals surface area contributed by atoms with Gasteiger partial charge in [0.2, 0.25) is 0 Å². The molecule has 1 rings (SSSR count). The summed E-state index contributed by atoms with van der Waals surface area (Å²) >= 11 is 0. The number of nitrogens with zero attached hydrogens (tertiary/aromatic N) is 1. The molecule has 0 heterocycles. The molecule has 1 aromatic carbocycles. The first-order valence-corrected chi connectivity index (χ1v) is 5.80. The average molecular weight is 220 g/mol. The number of amides is 1. The highest BCUT2D eigenvalue weighted by Crippen LogP contribution is 2.11. The van der Waals surface area contributed by atoms with Crippen LogP contribution < -0.4 is 5.32 Å². The van der Waals surface area contributed by atoms with Gasteiger partial charge in [-0.1, -0.05) is 6.92 Å². The van der Waals surface area contributed by atoms with Crippen LogP contribution in [0.2, 0.25) is 0 Å². The van der Waals surface area contributed by atoms with Crippen molar-refractivity contribution in [1.82, 2.24) is 4.90 Å². The van der Waals surface area contributed by atoms with E-state index in [1.165, 1.54) is 0 Å². The third kappa shape index (κ3) is 2.99. The molecule has 88 valence electrons. The Hall–Kier alpha value is -1.51. The van der Waals surface area contributed by atoms with Gasteiger partial charge in [-0.3, -0.25) is 4.79 Å². The number of benzene rings is 1. The predicted molar refractivity (Wildman–Crippen MR) is 67.9 cm³/mol. The van der Waals surface area contributed by atoms with E-state index in [1.807, 2.05) is 43.1 Å². The Kier molecular flexibility index (Phi) is 4.83. The van der Waals surface area contributed by atoms with Crippen molar-refractivity contribution in [2.75, 3.05) is 25.5 Å². The van der Waals surface area contributed by atoms with Gasteiger partial charge in [-0.05, 0) is 37.6 Å². The average Bonchev–Trinajstić information content (AvgIpc) is 2.35. The number of rotatable bonds is 5. The van der Waals surface area contributed by atoms with Crippen molar-refractivity contribution >= 4 is 11.6 Å². The molecule has 0 unspecified atom stereocenters. The van der Waals surface area contributed by atoms with E-state index >= 15 is 0 Å². The van der Waals surface area contributed by atoms with Gasteiger partial charge in [0.05, 0.1) is 0 Å². The smallest absolute Gasteiger partial charge is 0.253 e. The zero-order valence-corrected chi connectivity index (χ0v) is 10.3. The summed E-state index contributed by atoms with van der Waals surface area (Å²) in [6.45, 7) is 5.68. The van der Waals surface area contributed by atoms with Crippen LogP contribution >= 0.6 is 0 Å². The van der Waals surface area contributed by atoms with Crippen LogP contribution in [0.15, 0.2) is 24.3 Å². The lowest BCUT2D eigenvalue weighted by Gasteiger charge is -2.20. The minimum absolute atomic E-state index is 0.118. The van der Waals surface area contributed by atoms with Crippen molar-refractivity contribution in [3.05, 3.63) is 29.8 Å². The van der Waals surface area contributed by atoms with E-state index in [1.54, 1.807) is 0 Å². The highest BCUT2D eigenvalue weighted by molar-refractivity contribution is 5.94. The van der Waals surface area contributed by atoms with Gasteiger partial charge in [-0.2, -0.15) is 0 Å². The molecule has 3 nitrogen and oxygen atoms in total. The molecule has 3 heteroatoms. The van der Waals surface area contributed by atoms with Crippen molar-refractivity contribution in [2.24, 2.45) is 0 Å². The van der Waals surface area contributed by atoms with Gasteiger partial charge in [0.1, 0.15) is 0 Å². The number of nitrogens with one attached hydrogen (secondary N) is 1. The second-order valence-corrected chi connectivity index (χ2v) is 3.71. The Balaban J connectivity index is 2.78. The van der Waals surface area contributed by atoms with Gasteiger partial charge in [0.15, 0.2) is 0 Å². The molecule has 0 bridgehead atoms. The number of anilines is 1. The number of carbonyl (C=O) groups excluding carboxylic acids is 1. The third-order valence-electron chi connectivity index (χ3n) is 2.58. The highest BCUT2D eigenvalue weighted by Gasteiger charge is 2.12. The predicted octanol–water partition coefficient (Wildman–Crippen LogP) is 2.60. The molecule has 0 aliphatic heterocycles. The molecule has 0 fully saturated rings. The van der Waals surface area contributed by atoms with Crippen LogP contribution in [-0.2, 0) is 0 Å². The molecular weight excluding hydrogens is 200 g/mol. The van der Waals surface area contributed by atoms with E-state index in [4.69, 9.17) is 0 Å². The molecule has 0 aromatic heterocycles. The fraction of sp³-hybridized carbons (Fsp3) is 0.462. The molecule has 0 spiro atoms. The lowest BCUT2D eigenvalue weighted by atomic mass is 10.1. The second kappa shape index (κ2) is 6.16. The molecule has 0 radical (unpaired) electrons. The molecular formula is C13H20N2O. The molecule has 1 aromatic rings. The van der Waals surface area contributed by atoms with E-state index in [0.29, 0.717) is 0 Å². The molecule has 0 aliphatic rings. The maximum absolute atomic E-state index is 12.1. The van der Waals surface area contributed by atoms with Gasteiger partial charge < -0.3 is 10.2 Å². The van der Waals surface area contributed by atoms with Gasteiger partial charge in [0.25, 0.3) is 5.91 Å². The van der Waals surface area contributed by atoms with E-state index in [0.717, 1.165) is 30.8 Å². The van der Waals surface area contributed by atoms with Crippen molar-refractivity contribution in [3.63, 3.8) is 0 Å². The fourth-order valence-electron chi connectivity index (χ4n) is 1.64. The molecule has 0 atom stereocenters. The first-order valence-electron chi connectivity index (χ1n) is 5.80. The standard InChI is InChI=1S/C13H20N2O/c1-4-10-15(5-2)13(16)11-6-8-12(14-3)9-7-11/h6-9,14H,4-5,10H2,1-3H3. The largest absolute Gasteiger partial charge is 0.388 e. The first kappa shape index (κ1) is 12.6. The maximum atomic E-state index is 12.1. The maximum Gasteiger partial charge on any atom is 0.253 e. The number of hydrogen-bond donors (Lipinski definition) is 1. The summed E-state index contributed by atoms with van der Waals surface area (Å²) in [7, 11) is 1.87. The lowest BCUT2D eigenvalue weighted by molar-refractivity contribution is 0.0764. The van der Waals surface area contributed by atoms with Crippen molar-refractivity contribution in [1.29, 1.82) is 0 Å². The molecule has 1 N–H and O–H groups in total. The van der Waals surface area contributed by atoms with Gasteiger partial charge in [0, 0.05) is 31.4 Å². The summed E-state index contributed by atoms with van der Waals surface area (Å²) in [6, 6.07) is 7.58. The fourth-order valence-corrected chi connectivity index (χ4v) is 1.64. The summed E-state index contributed by atoms with van der Waals surface area (Å²) in [6.07, 6.45) is 0.994.